The van der Waals surface area contributed by atoms with E-state index in [2.05, 4.69) is 9.62 Å². The van der Waals surface area contributed by atoms with Gasteiger partial charge in [0, 0.05) is 36.7 Å². The molecule has 27 heavy (non-hydrogen) atoms. The lowest BCUT2D eigenvalue weighted by atomic mass is 10.1. The highest BCUT2D eigenvalue weighted by Gasteiger charge is 2.25. The molecular weight excluding hydrogens is 384 g/mol. The van der Waals surface area contributed by atoms with E-state index in [0.29, 0.717) is 13.0 Å². The Morgan fingerprint density at radius 1 is 1.22 bits per heavy atom. The molecule has 0 bridgehead atoms. The number of ether oxygens (including phenoxy) is 1. The number of hydrogen-bond acceptors (Lipinski definition) is 6. The SMILES string of the molecule is COc1ccc(CCS(=O)(=O)NC[C@H](c2ccoc2)N2CCSCC2)cc1. The Morgan fingerprint density at radius 2 is 1.96 bits per heavy atom. The van der Waals surface area contributed by atoms with Crippen molar-refractivity contribution in [3.8, 4) is 5.75 Å². The fourth-order valence-corrected chi connectivity index (χ4v) is 5.13. The van der Waals surface area contributed by atoms with Gasteiger partial charge in [0.05, 0.1) is 31.4 Å². The van der Waals surface area contributed by atoms with Crippen molar-refractivity contribution in [1.29, 1.82) is 0 Å². The lowest BCUT2D eigenvalue weighted by Crippen LogP contribution is -2.42. The zero-order valence-electron chi connectivity index (χ0n) is 15.5. The molecule has 2 aromatic rings. The molecule has 3 rings (SSSR count). The molecule has 148 valence electrons. The van der Waals surface area contributed by atoms with E-state index in [4.69, 9.17) is 9.15 Å². The third-order valence-corrected chi connectivity index (χ3v) is 7.02. The van der Waals surface area contributed by atoms with E-state index >= 15 is 0 Å². The van der Waals surface area contributed by atoms with Gasteiger partial charge in [0.25, 0.3) is 0 Å². The molecular formula is C19H26N2O4S2. The maximum absolute atomic E-state index is 12.5. The van der Waals surface area contributed by atoms with Crippen LogP contribution in [0.4, 0.5) is 0 Å². The Bertz CT molecular complexity index is 786. The van der Waals surface area contributed by atoms with Crippen molar-refractivity contribution < 1.29 is 17.6 Å². The Kier molecular flexibility index (Phi) is 7.23. The molecule has 1 aliphatic heterocycles. The van der Waals surface area contributed by atoms with E-state index in [-0.39, 0.29) is 11.8 Å². The zero-order chi connectivity index (χ0) is 19.1. The molecule has 0 saturated carbocycles. The van der Waals surface area contributed by atoms with E-state index in [1.165, 1.54) is 0 Å². The summed E-state index contributed by atoms with van der Waals surface area (Å²) >= 11 is 1.93. The normalized spacial score (nSPS) is 16.9. The van der Waals surface area contributed by atoms with Crippen LogP contribution in [0.1, 0.15) is 17.2 Å². The number of thioether (sulfide) groups is 1. The monoisotopic (exact) mass is 410 g/mol. The quantitative estimate of drug-likeness (QED) is 0.685. The van der Waals surface area contributed by atoms with E-state index in [1.54, 1.807) is 19.6 Å². The summed E-state index contributed by atoms with van der Waals surface area (Å²) in [7, 11) is -1.75. The Balaban J connectivity index is 1.57. The van der Waals surface area contributed by atoms with Gasteiger partial charge in [-0.1, -0.05) is 12.1 Å². The largest absolute Gasteiger partial charge is 0.497 e. The van der Waals surface area contributed by atoms with Gasteiger partial charge in [0.15, 0.2) is 0 Å². The number of nitrogens with one attached hydrogen (secondary N) is 1. The molecule has 1 aromatic carbocycles. The van der Waals surface area contributed by atoms with E-state index in [0.717, 1.165) is 41.5 Å². The summed E-state index contributed by atoms with van der Waals surface area (Å²) in [4.78, 5) is 2.33. The number of aryl methyl sites for hydroxylation is 1. The van der Waals surface area contributed by atoms with Gasteiger partial charge in [0.2, 0.25) is 10.0 Å². The van der Waals surface area contributed by atoms with Crippen LogP contribution in [-0.4, -0.2) is 57.3 Å². The van der Waals surface area contributed by atoms with Crippen molar-refractivity contribution in [1.82, 2.24) is 9.62 Å². The standard InChI is InChI=1S/C19H26N2O4S2/c1-24-18-4-2-16(3-5-18)7-13-27(22,23)20-14-19(17-6-10-25-15-17)21-8-11-26-12-9-21/h2-6,10,15,19-20H,7-9,11-14H2,1H3/t19-/m1/s1. The van der Waals surface area contributed by atoms with Gasteiger partial charge >= 0.3 is 0 Å². The molecule has 1 atom stereocenters. The van der Waals surface area contributed by atoms with Crippen LogP contribution in [0.15, 0.2) is 47.3 Å². The van der Waals surface area contributed by atoms with Gasteiger partial charge in [-0.3, -0.25) is 4.90 Å². The molecule has 0 aliphatic carbocycles. The summed E-state index contributed by atoms with van der Waals surface area (Å²) in [5, 5.41) is 0. The molecule has 0 spiro atoms. The maximum Gasteiger partial charge on any atom is 0.211 e. The predicted molar refractivity (Wildman–Crippen MR) is 109 cm³/mol. The smallest absolute Gasteiger partial charge is 0.211 e. The highest BCUT2D eigenvalue weighted by molar-refractivity contribution is 7.99. The minimum absolute atomic E-state index is 0.000381. The Morgan fingerprint density at radius 3 is 2.59 bits per heavy atom. The predicted octanol–water partition coefficient (Wildman–Crippen LogP) is 2.54. The number of rotatable bonds is 9. The summed E-state index contributed by atoms with van der Waals surface area (Å²) in [5.74, 6) is 2.96. The van der Waals surface area contributed by atoms with Crippen molar-refractivity contribution in [3.05, 3.63) is 54.0 Å². The molecule has 2 heterocycles. The first kappa shape index (κ1) is 20.3. The molecule has 8 heteroatoms. The first-order valence-electron chi connectivity index (χ1n) is 9.01. The van der Waals surface area contributed by atoms with Gasteiger partial charge in [-0.2, -0.15) is 11.8 Å². The number of sulfonamides is 1. The number of benzene rings is 1. The van der Waals surface area contributed by atoms with Crippen LogP contribution < -0.4 is 9.46 Å². The molecule has 1 N–H and O–H groups in total. The highest BCUT2D eigenvalue weighted by Crippen LogP contribution is 2.24. The van der Waals surface area contributed by atoms with Crippen molar-refractivity contribution >= 4 is 21.8 Å². The molecule has 1 aliphatic rings. The summed E-state index contributed by atoms with van der Waals surface area (Å²) in [5.41, 5.74) is 1.99. The first-order valence-corrected chi connectivity index (χ1v) is 11.8. The van der Waals surface area contributed by atoms with Crippen LogP contribution in [-0.2, 0) is 16.4 Å². The molecule has 0 radical (unpaired) electrons. The second-order valence-corrected chi connectivity index (χ2v) is 9.64. The zero-order valence-corrected chi connectivity index (χ0v) is 17.1. The molecule has 0 amide bonds. The third-order valence-electron chi connectivity index (χ3n) is 4.73. The van der Waals surface area contributed by atoms with Crippen LogP contribution in [0, 0.1) is 0 Å². The molecule has 1 aromatic heterocycles. The maximum atomic E-state index is 12.5. The summed E-state index contributed by atoms with van der Waals surface area (Å²) in [6.07, 6.45) is 3.81. The number of furan rings is 1. The second kappa shape index (κ2) is 9.64. The van der Waals surface area contributed by atoms with Crippen molar-refractivity contribution in [2.24, 2.45) is 0 Å². The van der Waals surface area contributed by atoms with Crippen LogP contribution >= 0.6 is 11.8 Å². The fourth-order valence-electron chi connectivity index (χ4n) is 3.13. The van der Waals surface area contributed by atoms with Gasteiger partial charge in [0.1, 0.15) is 5.75 Å². The van der Waals surface area contributed by atoms with Gasteiger partial charge in [-0.25, -0.2) is 13.1 Å². The van der Waals surface area contributed by atoms with Crippen LogP contribution in [0.2, 0.25) is 0 Å². The van der Waals surface area contributed by atoms with Crippen LogP contribution in [0.25, 0.3) is 0 Å². The second-order valence-electron chi connectivity index (χ2n) is 6.49. The molecule has 1 saturated heterocycles. The minimum Gasteiger partial charge on any atom is -0.497 e. The Hall–Kier alpha value is -1.48. The number of hydrogen-bond donors (Lipinski definition) is 1. The lowest BCUT2D eigenvalue weighted by molar-refractivity contribution is 0.218. The number of methoxy groups -OCH3 is 1. The van der Waals surface area contributed by atoms with Crippen LogP contribution in [0.3, 0.4) is 0 Å². The van der Waals surface area contributed by atoms with Gasteiger partial charge < -0.3 is 9.15 Å². The minimum atomic E-state index is -3.36. The lowest BCUT2D eigenvalue weighted by Gasteiger charge is -2.33. The third kappa shape index (κ3) is 6.00. The average Bonchev–Trinajstić information content (AvgIpc) is 3.22. The molecule has 1 fully saturated rings. The van der Waals surface area contributed by atoms with Crippen molar-refractivity contribution in [3.63, 3.8) is 0 Å². The van der Waals surface area contributed by atoms with Gasteiger partial charge in [-0.15, -0.1) is 0 Å². The van der Waals surface area contributed by atoms with E-state index < -0.39 is 10.0 Å². The summed E-state index contributed by atoms with van der Waals surface area (Å²) in [6.45, 7) is 2.26. The number of nitrogens with zero attached hydrogens (tertiary/aromatic N) is 1. The van der Waals surface area contributed by atoms with Crippen molar-refractivity contribution in [2.45, 2.75) is 12.5 Å². The van der Waals surface area contributed by atoms with E-state index in [1.807, 2.05) is 42.1 Å². The topological polar surface area (TPSA) is 71.8 Å². The summed E-state index contributed by atoms with van der Waals surface area (Å²) in [6, 6.07) is 9.40. The molecule has 0 unspecified atom stereocenters. The van der Waals surface area contributed by atoms with Crippen molar-refractivity contribution in [2.75, 3.05) is 44.0 Å². The highest BCUT2D eigenvalue weighted by atomic mass is 32.2. The average molecular weight is 411 g/mol. The fraction of sp³-hybridized carbons (Fsp3) is 0.474. The molecule has 6 nitrogen and oxygen atoms in total. The first-order chi connectivity index (χ1) is 13.1. The van der Waals surface area contributed by atoms with Crippen LogP contribution in [0.5, 0.6) is 5.75 Å². The van der Waals surface area contributed by atoms with Gasteiger partial charge in [-0.05, 0) is 30.2 Å². The Labute approximate surface area is 165 Å². The summed E-state index contributed by atoms with van der Waals surface area (Å²) < 4.78 is 38.1. The van der Waals surface area contributed by atoms with E-state index in [9.17, 15) is 8.42 Å².